The van der Waals surface area contributed by atoms with Gasteiger partial charge < -0.3 is 4.98 Å². The number of aromatic amines is 1. The molecule has 1 aromatic carbocycles. The molecular formula is C10H7BrFNO. The van der Waals surface area contributed by atoms with Crippen molar-refractivity contribution in [2.24, 2.45) is 0 Å². The van der Waals surface area contributed by atoms with Gasteiger partial charge in [-0.05, 0) is 35.0 Å². The SMILES string of the molecule is Cc1cc(=O)c2cc(Br)c(F)cc2[nH]1. The van der Waals surface area contributed by atoms with Crippen molar-refractivity contribution in [2.75, 3.05) is 0 Å². The summed E-state index contributed by atoms with van der Waals surface area (Å²) in [4.78, 5) is 14.4. The largest absolute Gasteiger partial charge is 0.358 e. The van der Waals surface area contributed by atoms with E-state index in [4.69, 9.17) is 0 Å². The molecule has 2 rings (SSSR count). The molecule has 1 aromatic heterocycles. The first-order valence-corrected chi connectivity index (χ1v) is 4.86. The molecule has 1 heterocycles. The van der Waals surface area contributed by atoms with Gasteiger partial charge >= 0.3 is 0 Å². The van der Waals surface area contributed by atoms with Gasteiger partial charge in [0.25, 0.3) is 0 Å². The first-order chi connectivity index (χ1) is 6.58. The Balaban J connectivity index is 2.96. The predicted molar refractivity (Wildman–Crippen MR) is 57.0 cm³/mol. The second-order valence-corrected chi connectivity index (χ2v) is 3.98. The molecule has 0 aliphatic rings. The van der Waals surface area contributed by atoms with Crippen molar-refractivity contribution in [1.82, 2.24) is 4.98 Å². The first-order valence-electron chi connectivity index (χ1n) is 4.06. The molecule has 0 saturated heterocycles. The maximum absolute atomic E-state index is 13.1. The van der Waals surface area contributed by atoms with E-state index >= 15 is 0 Å². The number of pyridine rings is 1. The van der Waals surface area contributed by atoms with Crippen molar-refractivity contribution in [2.45, 2.75) is 6.92 Å². The summed E-state index contributed by atoms with van der Waals surface area (Å²) in [6.45, 7) is 1.76. The van der Waals surface area contributed by atoms with E-state index in [1.54, 1.807) is 6.92 Å². The van der Waals surface area contributed by atoms with Gasteiger partial charge in [0, 0.05) is 17.1 Å². The highest BCUT2D eigenvalue weighted by Crippen LogP contribution is 2.19. The average Bonchev–Trinajstić information content (AvgIpc) is 2.08. The molecule has 0 saturated carbocycles. The zero-order valence-electron chi connectivity index (χ0n) is 7.40. The van der Waals surface area contributed by atoms with Gasteiger partial charge in [0.2, 0.25) is 0 Å². The quantitative estimate of drug-likeness (QED) is 0.772. The fraction of sp³-hybridized carbons (Fsp3) is 0.100. The molecular weight excluding hydrogens is 249 g/mol. The lowest BCUT2D eigenvalue weighted by atomic mass is 10.2. The van der Waals surface area contributed by atoms with E-state index in [2.05, 4.69) is 20.9 Å². The van der Waals surface area contributed by atoms with Gasteiger partial charge in [-0.1, -0.05) is 0 Å². The molecule has 1 N–H and O–H groups in total. The molecule has 0 bridgehead atoms. The number of nitrogens with one attached hydrogen (secondary N) is 1. The molecule has 2 nitrogen and oxygen atoms in total. The summed E-state index contributed by atoms with van der Waals surface area (Å²) in [6.07, 6.45) is 0. The molecule has 0 aliphatic heterocycles. The third-order valence-electron chi connectivity index (χ3n) is 2.01. The number of fused-ring (bicyclic) bond motifs is 1. The van der Waals surface area contributed by atoms with Crippen molar-refractivity contribution < 1.29 is 4.39 Å². The van der Waals surface area contributed by atoms with Crippen LogP contribution in [0, 0.1) is 12.7 Å². The fourth-order valence-electron chi connectivity index (χ4n) is 1.38. The van der Waals surface area contributed by atoms with Gasteiger partial charge in [-0.3, -0.25) is 4.79 Å². The molecule has 14 heavy (non-hydrogen) atoms. The van der Waals surface area contributed by atoms with E-state index in [1.807, 2.05) is 0 Å². The number of aromatic nitrogens is 1. The smallest absolute Gasteiger partial charge is 0.189 e. The van der Waals surface area contributed by atoms with E-state index < -0.39 is 0 Å². The number of rotatable bonds is 0. The lowest BCUT2D eigenvalue weighted by Crippen LogP contribution is -2.03. The van der Waals surface area contributed by atoms with Crippen LogP contribution in [0.1, 0.15) is 5.69 Å². The molecule has 0 atom stereocenters. The first kappa shape index (κ1) is 9.40. The zero-order valence-corrected chi connectivity index (χ0v) is 8.98. The molecule has 0 radical (unpaired) electrons. The second-order valence-electron chi connectivity index (χ2n) is 3.13. The van der Waals surface area contributed by atoms with Gasteiger partial charge in [-0.25, -0.2) is 4.39 Å². The summed E-state index contributed by atoms with van der Waals surface area (Å²) >= 11 is 3.04. The number of hydrogen-bond donors (Lipinski definition) is 1. The maximum atomic E-state index is 13.1. The third kappa shape index (κ3) is 1.46. The van der Waals surface area contributed by atoms with Gasteiger partial charge in [0.15, 0.2) is 5.43 Å². The maximum Gasteiger partial charge on any atom is 0.189 e. The van der Waals surface area contributed by atoms with Crippen LogP contribution in [-0.4, -0.2) is 4.98 Å². The fourth-order valence-corrected chi connectivity index (χ4v) is 1.72. The standard InChI is InChI=1S/C10H7BrFNO/c1-5-2-10(14)6-3-7(11)8(12)4-9(6)13-5/h2-4H,1H3,(H,13,14). The van der Waals surface area contributed by atoms with Gasteiger partial charge in [0.1, 0.15) is 5.82 Å². The van der Waals surface area contributed by atoms with Crippen LogP contribution in [0.5, 0.6) is 0 Å². The average molecular weight is 256 g/mol. The summed E-state index contributed by atoms with van der Waals surface area (Å²) in [5.41, 5.74) is 1.15. The van der Waals surface area contributed by atoms with Crippen molar-refractivity contribution in [3.05, 3.63) is 44.4 Å². The molecule has 72 valence electrons. The topological polar surface area (TPSA) is 32.9 Å². The molecule has 0 aliphatic carbocycles. The van der Waals surface area contributed by atoms with Crippen LogP contribution in [0.3, 0.4) is 0 Å². The highest BCUT2D eigenvalue weighted by molar-refractivity contribution is 9.10. The van der Waals surface area contributed by atoms with Crippen LogP contribution in [0.15, 0.2) is 27.5 Å². The highest BCUT2D eigenvalue weighted by atomic mass is 79.9. The molecule has 0 unspecified atom stereocenters. The summed E-state index contributed by atoms with van der Waals surface area (Å²) < 4.78 is 13.4. The van der Waals surface area contributed by atoms with Gasteiger partial charge in [-0.2, -0.15) is 0 Å². The molecule has 0 amide bonds. The molecule has 4 heteroatoms. The summed E-state index contributed by atoms with van der Waals surface area (Å²) in [7, 11) is 0. The van der Waals surface area contributed by atoms with Crippen molar-refractivity contribution in [3.8, 4) is 0 Å². The van der Waals surface area contributed by atoms with Gasteiger partial charge in [-0.15, -0.1) is 0 Å². The summed E-state index contributed by atoms with van der Waals surface area (Å²) in [5.74, 6) is -0.376. The summed E-state index contributed by atoms with van der Waals surface area (Å²) in [5, 5.41) is 0.490. The predicted octanol–water partition coefficient (Wildman–Crippen LogP) is 2.74. The van der Waals surface area contributed by atoms with E-state index in [9.17, 15) is 9.18 Å². The Kier molecular flexibility index (Phi) is 2.15. The van der Waals surface area contributed by atoms with E-state index in [0.717, 1.165) is 5.69 Å². The Morgan fingerprint density at radius 3 is 2.79 bits per heavy atom. The van der Waals surface area contributed by atoms with Crippen LogP contribution >= 0.6 is 15.9 Å². The third-order valence-corrected chi connectivity index (χ3v) is 2.61. The monoisotopic (exact) mass is 255 g/mol. The highest BCUT2D eigenvalue weighted by Gasteiger charge is 2.05. The van der Waals surface area contributed by atoms with E-state index in [-0.39, 0.29) is 11.2 Å². The van der Waals surface area contributed by atoms with Crippen molar-refractivity contribution in [3.63, 3.8) is 0 Å². The van der Waals surface area contributed by atoms with Crippen LogP contribution in [0.2, 0.25) is 0 Å². The summed E-state index contributed by atoms with van der Waals surface area (Å²) in [6, 6.07) is 4.30. The van der Waals surface area contributed by atoms with Crippen molar-refractivity contribution >= 4 is 26.8 Å². The van der Waals surface area contributed by atoms with Crippen LogP contribution in [0.25, 0.3) is 10.9 Å². The lowest BCUT2D eigenvalue weighted by molar-refractivity contribution is 0.622. The minimum Gasteiger partial charge on any atom is -0.358 e. The minimum absolute atomic E-state index is 0.100. The Morgan fingerprint density at radius 1 is 1.36 bits per heavy atom. The lowest BCUT2D eigenvalue weighted by Gasteiger charge is -2.01. The van der Waals surface area contributed by atoms with Gasteiger partial charge in [0.05, 0.1) is 9.99 Å². The Bertz CT molecular complexity index is 562. The van der Waals surface area contributed by atoms with Crippen LogP contribution in [-0.2, 0) is 0 Å². The second kappa shape index (κ2) is 3.20. The molecule has 2 aromatic rings. The number of aryl methyl sites for hydroxylation is 1. The number of H-pyrrole nitrogens is 1. The minimum atomic E-state index is -0.376. The molecule has 0 fully saturated rings. The number of benzene rings is 1. The zero-order chi connectivity index (χ0) is 10.3. The van der Waals surface area contributed by atoms with E-state index in [1.165, 1.54) is 18.2 Å². The Morgan fingerprint density at radius 2 is 2.07 bits per heavy atom. The Hall–Kier alpha value is -1.16. The van der Waals surface area contributed by atoms with Crippen molar-refractivity contribution in [1.29, 1.82) is 0 Å². The normalized spacial score (nSPS) is 10.8. The van der Waals surface area contributed by atoms with E-state index in [0.29, 0.717) is 15.4 Å². The Labute approximate surface area is 87.9 Å². The molecule has 0 spiro atoms. The number of hydrogen-bond acceptors (Lipinski definition) is 1. The number of halogens is 2. The van der Waals surface area contributed by atoms with Crippen LogP contribution < -0.4 is 5.43 Å². The van der Waals surface area contributed by atoms with Crippen LogP contribution in [0.4, 0.5) is 4.39 Å².